The Morgan fingerprint density at radius 1 is 1.23 bits per heavy atom. The summed E-state index contributed by atoms with van der Waals surface area (Å²) in [5, 5.41) is 9.40. The molecule has 7 heteroatoms. The lowest BCUT2D eigenvalue weighted by atomic mass is 9.89. The molecule has 2 atom stereocenters. The average Bonchev–Trinajstić information content (AvgIpc) is 2.85. The van der Waals surface area contributed by atoms with E-state index in [1.165, 1.54) is 4.90 Å². The van der Waals surface area contributed by atoms with Gasteiger partial charge in [0.05, 0.1) is 23.3 Å². The van der Waals surface area contributed by atoms with Crippen molar-refractivity contribution in [3.63, 3.8) is 0 Å². The third kappa shape index (κ3) is 2.72. The van der Waals surface area contributed by atoms with E-state index in [0.717, 1.165) is 11.1 Å². The molecule has 2 unspecified atom stereocenters. The van der Waals surface area contributed by atoms with Crippen molar-refractivity contribution in [3.05, 3.63) is 35.4 Å². The van der Waals surface area contributed by atoms with Crippen LogP contribution >= 0.6 is 0 Å². The van der Waals surface area contributed by atoms with Crippen LogP contribution in [0.2, 0.25) is 0 Å². The third-order valence-electron chi connectivity index (χ3n) is 4.39. The lowest BCUT2D eigenvalue weighted by Crippen LogP contribution is -2.43. The monoisotopic (exact) mass is 323 g/mol. The topological polar surface area (TPSA) is 91.8 Å². The molecular formula is C15H17NO5S. The Labute approximate surface area is 128 Å². The summed E-state index contributed by atoms with van der Waals surface area (Å²) in [5.41, 5.74) is 1.55. The fourth-order valence-corrected chi connectivity index (χ4v) is 4.97. The van der Waals surface area contributed by atoms with Gasteiger partial charge in [-0.3, -0.25) is 9.59 Å². The van der Waals surface area contributed by atoms with Crippen molar-refractivity contribution in [2.24, 2.45) is 5.92 Å². The molecule has 0 aromatic heterocycles. The van der Waals surface area contributed by atoms with Gasteiger partial charge in [-0.1, -0.05) is 24.3 Å². The molecule has 1 fully saturated rings. The first kappa shape index (κ1) is 15.0. The lowest BCUT2D eigenvalue weighted by molar-refractivity contribution is -0.142. The van der Waals surface area contributed by atoms with Crippen molar-refractivity contribution in [3.8, 4) is 0 Å². The number of rotatable bonds is 2. The summed E-state index contributed by atoms with van der Waals surface area (Å²) in [6, 6.07) is 7.19. The zero-order valence-electron chi connectivity index (χ0n) is 11.9. The van der Waals surface area contributed by atoms with Gasteiger partial charge in [0.15, 0.2) is 9.84 Å². The molecule has 1 amide bonds. The van der Waals surface area contributed by atoms with E-state index in [1.54, 1.807) is 12.1 Å². The van der Waals surface area contributed by atoms with Crippen LogP contribution in [0.1, 0.15) is 23.5 Å². The Morgan fingerprint density at radius 3 is 2.59 bits per heavy atom. The summed E-state index contributed by atoms with van der Waals surface area (Å²) in [4.78, 5) is 25.5. The van der Waals surface area contributed by atoms with E-state index in [-0.39, 0.29) is 24.0 Å². The molecule has 3 rings (SSSR count). The Morgan fingerprint density at radius 2 is 1.95 bits per heavy atom. The molecule has 2 aliphatic heterocycles. The molecule has 1 N–H and O–H groups in total. The molecule has 0 radical (unpaired) electrons. The van der Waals surface area contributed by atoms with E-state index in [1.807, 2.05) is 12.1 Å². The normalized spacial score (nSPS) is 26.5. The molecule has 2 aliphatic rings. The smallest absolute Gasteiger partial charge is 0.312 e. The van der Waals surface area contributed by atoms with Gasteiger partial charge in [0.1, 0.15) is 0 Å². The van der Waals surface area contributed by atoms with Crippen molar-refractivity contribution in [1.82, 2.24) is 4.90 Å². The summed E-state index contributed by atoms with van der Waals surface area (Å²) in [5.74, 6) is -2.60. The second kappa shape index (κ2) is 5.39. The molecule has 6 nitrogen and oxygen atoms in total. The van der Waals surface area contributed by atoms with Gasteiger partial charge in [-0.25, -0.2) is 8.42 Å². The fourth-order valence-electron chi connectivity index (χ4n) is 3.23. The third-order valence-corrected chi connectivity index (χ3v) is 6.15. The highest BCUT2D eigenvalue weighted by Crippen LogP contribution is 2.31. The average molecular weight is 323 g/mol. The van der Waals surface area contributed by atoms with Gasteiger partial charge in [-0.2, -0.15) is 0 Å². The van der Waals surface area contributed by atoms with Gasteiger partial charge < -0.3 is 10.0 Å². The maximum atomic E-state index is 12.5. The summed E-state index contributed by atoms with van der Waals surface area (Å²) >= 11 is 0. The van der Waals surface area contributed by atoms with Crippen molar-refractivity contribution in [2.75, 3.05) is 18.1 Å². The van der Waals surface area contributed by atoms with E-state index >= 15 is 0 Å². The Hall–Kier alpha value is -1.89. The first-order chi connectivity index (χ1) is 10.4. The number of hydrogen-bond acceptors (Lipinski definition) is 4. The second-order valence-electron chi connectivity index (χ2n) is 5.91. The van der Waals surface area contributed by atoms with Gasteiger partial charge in [0, 0.05) is 13.1 Å². The van der Waals surface area contributed by atoms with E-state index in [2.05, 4.69) is 0 Å². The number of carbonyl (C=O) groups excluding carboxylic acids is 1. The molecule has 1 aromatic rings. The molecular weight excluding hydrogens is 306 g/mol. The molecule has 0 aliphatic carbocycles. The Balaban J connectivity index is 1.85. The Bertz CT molecular complexity index is 727. The van der Waals surface area contributed by atoms with Crippen LogP contribution in [0.25, 0.3) is 0 Å². The molecule has 0 spiro atoms. The van der Waals surface area contributed by atoms with Gasteiger partial charge >= 0.3 is 5.97 Å². The van der Waals surface area contributed by atoms with Crippen LogP contribution in [0.4, 0.5) is 0 Å². The van der Waals surface area contributed by atoms with E-state index < -0.39 is 27.6 Å². The first-order valence-electron chi connectivity index (χ1n) is 7.17. The molecule has 1 aromatic carbocycles. The maximum absolute atomic E-state index is 12.5. The number of fused-ring (bicyclic) bond motifs is 1. The predicted molar refractivity (Wildman–Crippen MR) is 79.0 cm³/mol. The van der Waals surface area contributed by atoms with Gasteiger partial charge in [-0.15, -0.1) is 0 Å². The summed E-state index contributed by atoms with van der Waals surface area (Å²) in [7, 11) is -3.13. The summed E-state index contributed by atoms with van der Waals surface area (Å²) in [6.07, 6.45) is 0.330. The minimum atomic E-state index is -3.13. The van der Waals surface area contributed by atoms with E-state index in [9.17, 15) is 23.1 Å². The molecule has 118 valence electrons. The standard InChI is InChI=1S/C15H17NO5S/c17-14(11-5-6-22(20,21)9-11)16-7-10-3-1-2-4-12(10)13(8-16)15(18)19/h1-4,11,13H,5-9H2,(H,18,19). The van der Waals surface area contributed by atoms with Crippen LogP contribution in [0.3, 0.4) is 0 Å². The highest BCUT2D eigenvalue weighted by Gasteiger charge is 2.39. The number of nitrogens with zero attached hydrogens (tertiary/aromatic N) is 1. The summed E-state index contributed by atoms with van der Waals surface area (Å²) < 4.78 is 23.1. The molecule has 0 bridgehead atoms. The quantitative estimate of drug-likeness (QED) is 0.862. The molecule has 22 heavy (non-hydrogen) atoms. The molecule has 0 saturated carbocycles. The second-order valence-corrected chi connectivity index (χ2v) is 8.14. The van der Waals surface area contributed by atoms with Gasteiger partial charge in [0.2, 0.25) is 5.91 Å². The maximum Gasteiger partial charge on any atom is 0.312 e. The minimum Gasteiger partial charge on any atom is -0.481 e. The number of amides is 1. The highest BCUT2D eigenvalue weighted by molar-refractivity contribution is 7.91. The highest BCUT2D eigenvalue weighted by atomic mass is 32.2. The molecule has 1 saturated heterocycles. The van der Waals surface area contributed by atoms with Gasteiger partial charge in [0.25, 0.3) is 0 Å². The van der Waals surface area contributed by atoms with Crippen LogP contribution < -0.4 is 0 Å². The predicted octanol–water partition coefficient (Wildman–Crippen LogP) is 0.632. The molecule has 2 heterocycles. The van der Waals surface area contributed by atoms with Crippen LogP contribution in [-0.2, 0) is 26.0 Å². The van der Waals surface area contributed by atoms with Crippen LogP contribution in [0.5, 0.6) is 0 Å². The number of carboxylic acid groups (broad SMARTS) is 1. The van der Waals surface area contributed by atoms with Crippen LogP contribution in [0.15, 0.2) is 24.3 Å². The summed E-state index contributed by atoms with van der Waals surface area (Å²) in [6.45, 7) is 0.442. The number of benzene rings is 1. The van der Waals surface area contributed by atoms with E-state index in [0.29, 0.717) is 13.0 Å². The van der Waals surface area contributed by atoms with Crippen LogP contribution in [0, 0.1) is 5.92 Å². The van der Waals surface area contributed by atoms with Gasteiger partial charge in [-0.05, 0) is 17.5 Å². The zero-order chi connectivity index (χ0) is 15.9. The van der Waals surface area contributed by atoms with E-state index in [4.69, 9.17) is 0 Å². The zero-order valence-corrected chi connectivity index (χ0v) is 12.8. The number of aliphatic carboxylic acids is 1. The first-order valence-corrected chi connectivity index (χ1v) is 8.99. The number of hydrogen-bond donors (Lipinski definition) is 1. The Kier molecular flexibility index (Phi) is 3.68. The number of carboxylic acids is 1. The largest absolute Gasteiger partial charge is 0.481 e. The lowest BCUT2D eigenvalue weighted by Gasteiger charge is -2.34. The minimum absolute atomic E-state index is 0.0379. The number of sulfone groups is 1. The SMILES string of the molecule is O=C(O)C1CN(C(=O)C2CCS(=O)(=O)C2)Cc2ccccc21. The van der Waals surface area contributed by atoms with Crippen molar-refractivity contribution >= 4 is 21.7 Å². The van der Waals surface area contributed by atoms with Crippen LogP contribution in [-0.4, -0.2) is 48.4 Å². The fraction of sp³-hybridized carbons (Fsp3) is 0.467. The van der Waals surface area contributed by atoms with Crippen molar-refractivity contribution in [2.45, 2.75) is 18.9 Å². The van der Waals surface area contributed by atoms with Crippen molar-refractivity contribution in [1.29, 1.82) is 0 Å². The van der Waals surface area contributed by atoms with Crippen molar-refractivity contribution < 1.29 is 23.1 Å². The number of carbonyl (C=O) groups is 2.